The number of ether oxygens (including phenoxy) is 2. The highest BCUT2D eigenvalue weighted by molar-refractivity contribution is 5.96. The van der Waals surface area contributed by atoms with Crippen molar-refractivity contribution in [1.29, 1.82) is 0 Å². The van der Waals surface area contributed by atoms with E-state index in [1.54, 1.807) is 24.3 Å². The van der Waals surface area contributed by atoms with Crippen molar-refractivity contribution in [3.05, 3.63) is 35.4 Å². The topological polar surface area (TPSA) is 52.6 Å². The van der Waals surface area contributed by atoms with Crippen LogP contribution >= 0.6 is 0 Å². The summed E-state index contributed by atoms with van der Waals surface area (Å²) in [4.78, 5) is 22.4. The molecule has 0 aliphatic rings. The molecule has 0 saturated carbocycles. The fourth-order valence-electron chi connectivity index (χ4n) is 1.14. The average molecular weight is 254 g/mol. The summed E-state index contributed by atoms with van der Waals surface area (Å²) in [6, 6.07) is 6.36. The lowest BCUT2D eigenvalue weighted by Gasteiger charge is -2.04. The summed E-state index contributed by atoms with van der Waals surface area (Å²) >= 11 is 0. The number of benzene rings is 1. The molecular formula is C14H22O4. The lowest BCUT2D eigenvalue weighted by atomic mass is 10.1. The molecule has 1 aromatic rings. The van der Waals surface area contributed by atoms with Crippen molar-refractivity contribution in [3.8, 4) is 0 Å². The van der Waals surface area contributed by atoms with Crippen LogP contribution in [0.4, 0.5) is 0 Å². The monoisotopic (exact) mass is 254 g/mol. The van der Waals surface area contributed by atoms with Crippen LogP contribution in [-0.2, 0) is 9.47 Å². The third kappa shape index (κ3) is 5.59. The Bertz CT molecular complexity index is 368. The van der Waals surface area contributed by atoms with Gasteiger partial charge in [-0.25, -0.2) is 4.79 Å². The Hall–Kier alpha value is -1.68. The predicted molar refractivity (Wildman–Crippen MR) is 72.1 cm³/mol. The number of esters is 1. The van der Waals surface area contributed by atoms with Crippen molar-refractivity contribution in [1.82, 2.24) is 0 Å². The van der Waals surface area contributed by atoms with Gasteiger partial charge in [0.25, 0.3) is 0 Å². The molecule has 0 bridgehead atoms. The van der Waals surface area contributed by atoms with E-state index in [0.717, 1.165) is 0 Å². The molecule has 0 N–H and O–H groups in total. The Kier molecular flexibility index (Phi) is 9.71. The molecule has 0 heterocycles. The summed E-state index contributed by atoms with van der Waals surface area (Å²) in [6.07, 6.45) is 0. The smallest absolute Gasteiger partial charge is 0.338 e. The molecule has 0 amide bonds. The SMILES string of the molecule is C.C.COCCOC(=O)c1ccc(C(C)=O)cc1. The molecule has 0 saturated heterocycles. The molecular weight excluding hydrogens is 232 g/mol. The maximum atomic E-state index is 11.4. The van der Waals surface area contributed by atoms with Crippen molar-refractivity contribution in [2.24, 2.45) is 0 Å². The number of hydrogen-bond donors (Lipinski definition) is 0. The van der Waals surface area contributed by atoms with Crippen LogP contribution in [0, 0.1) is 0 Å². The van der Waals surface area contributed by atoms with Crippen LogP contribution in [-0.4, -0.2) is 32.1 Å². The number of carbonyl (C=O) groups is 2. The molecule has 0 unspecified atom stereocenters. The Labute approximate surface area is 109 Å². The molecule has 102 valence electrons. The van der Waals surface area contributed by atoms with Gasteiger partial charge >= 0.3 is 5.97 Å². The highest BCUT2D eigenvalue weighted by Gasteiger charge is 2.07. The largest absolute Gasteiger partial charge is 0.460 e. The first-order valence-electron chi connectivity index (χ1n) is 4.92. The van der Waals surface area contributed by atoms with Crippen LogP contribution in [0.2, 0.25) is 0 Å². The molecule has 0 spiro atoms. The second kappa shape index (κ2) is 9.36. The summed E-state index contributed by atoms with van der Waals surface area (Å²) < 4.78 is 9.68. The molecule has 0 radical (unpaired) electrons. The number of carbonyl (C=O) groups excluding carboxylic acids is 2. The summed E-state index contributed by atoms with van der Waals surface area (Å²) in [5.41, 5.74) is 1.01. The first kappa shape index (κ1) is 18.7. The minimum absolute atomic E-state index is 0. The average Bonchev–Trinajstić information content (AvgIpc) is 2.29. The third-order valence-corrected chi connectivity index (χ3v) is 2.05. The molecule has 1 aromatic carbocycles. The fraction of sp³-hybridized carbons (Fsp3) is 0.429. The van der Waals surface area contributed by atoms with E-state index in [2.05, 4.69) is 0 Å². The molecule has 18 heavy (non-hydrogen) atoms. The molecule has 4 heteroatoms. The minimum atomic E-state index is -0.410. The van der Waals surface area contributed by atoms with Crippen molar-refractivity contribution in [2.45, 2.75) is 21.8 Å². The molecule has 0 atom stereocenters. The van der Waals surface area contributed by atoms with Gasteiger partial charge in [-0.3, -0.25) is 4.79 Å². The second-order valence-electron chi connectivity index (χ2n) is 3.26. The number of ketones is 1. The molecule has 4 nitrogen and oxygen atoms in total. The van der Waals surface area contributed by atoms with E-state index in [-0.39, 0.29) is 27.2 Å². The first-order chi connectivity index (χ1) is 7.65. The zero-order valence-corrected chi connectivity index (χ0v) is 9.36. The Morgan fingerprint density at radius 2 is 1.50 bits per heavy atom. The maximum absolute atomic E-state index is 11.4. The van der Waals surface area contributed by atoms with Gasteiger partial charge in [0.05, 0.1) is 12.2 Å². The van der Waals surface area contributed by atoms with Gasteiger partial charge in [-0.15, -0.1) is 0 Å². The van der Waals surface area contributed by atoms with Gasteiger partial charge in [0, 0.05) is 12.7 Å². The fourth-order valence-corrected chi connectivity index (χ4v) is 1.14. The molecule has 1 rings (SSSR count). The van der Waals surface area contributed by atoms with Crippen molar-refractivity contribution in [2.75, 3.05) is 20.3 Å². The lowest BCUT2D eigenvalue weighted by molar-refractivity contribution is 0.0388. The third-order valence-electron chi connectivity index (χ3n) is 2.05. The van der Waals surface area contributed by atoms with Crippen LogP contribution in [0.25, 0.3) is 0 Å². The number of methoxy groups -OCH3 is 1. The summed E-state index contributed by atoms with van der Waals surface area (Å²) in [6.45, 7) is 2.08. The van der Waals surface area contributed by atoms with E-state index in [1.165, 1.54) is 14.0 Å². The van der Waals surface area contributed by atoms with Crippen molar-refractivity contribution in [3.63, 3.8) is 0 Å². The van der Waals surface area contributed by atoms with E-state index in [9.17, 15) is 9.59 Å². The normalized spacial score (nSPS) is 8.78. The number of Topliss-reactive ketones (excluding diaryl/α,β-unsaturated/α-hetero) is 1. The van der Waals surface area contributed by atoms with Crippen molar-refractivity contribution < 1.29 is 19.1 Å². The summed E-state index contributed by atoms with van der Waals surface area (Å²) in [5, 5.41) is 0. The molecule has 0 fully saturated rings. The second-order valence-corrected chi connectivity index (χ2v) is 3.26. The maximum Gasteiger partial charge on any atom is 0.338 e. The highest BCUT2D eigenvalue weighted by Crippen LogP contribution is 2.06. The van der Waals surface area contributed by atoms with Crippen molar-refractivity contribution >= 4 is 11.8 Å². The van der Waals surface area contributed by atoms with Gasteiger partial charge in [0.1, 0.15) is 6.61 Å². The van der Waals surface area contributed by atoms with E-state index in [0.29, 0.717) is 17.7 Å². The van der Waals surface area contributed by atoms with Crippen LogP contribution in [0.15, 0.2) is 24.3 Å². The standard InChI is InChI=1S/C12H14O4.2CH4/c1-9(13)10-3-5-11(6-4-10)12(14)16-8-7-15-2;;/h3-6H,7-8H2,1-2H3;2*1H4. The van der Waals surface area contributed by atoms with E-state index < -0.39 is 5.97 Å². The predicted octanol–water partition coefficient (Wildman–Crippen LogP) is 2.96. The number of hydrogen-bond acceptors (Lipinski definition) is 4. The quantitative estimate of drug-likeness (QED) is 0.460. The van der Waals surface area contributed by atoms with E-state index in [1.807, 2.05) is 0 Å². The molecule has 0 aliphatic heterocycles. The highest BCUT2D eigenvalue weighted by atomic mass is 16.6. The van der Waals surface area contributed by atoms with Gasteiger partial charge in [0.15, 0.2) is 5.78 Å². The minimum Gasteiger partial charge on any atom is -0.460 e. The lowest BCUT2D eigenvalue weighted by Crippen LogP contribution is -2.10. The number of rotatable bonds is 5. The van der Waals surface area contributed by atoms with Crippen LogP contribution < -0.4 is 0 Å². The first-order valence-corrected chi connectivity index (χ1v) is 4.92. The Balaban J connectivity index is 0. The van der Waals surface area contributed by atoms with E-state index in [4.69, 9.17) is 9.47 Å². The van der Waals surface area contributed by atoms with Gasteiger partial charge in [0.2, 0.25) is 0 Å². The van der Waals surface area contributed by atoms with Gasteiger partial charge in [-0.05, 0) is 19.1 Å². The van der Waals surface area contributed by atoms with Crippen LogP contribution in [0.5, 0.6) is 0 Å². The van der Waals surface area contributed by atoms with Gasteiger partial charge < -0.3 is 9.47 Å². The van der Waals surface area contributed by atoms with Gasteiger partial charge in [-0.2, -0.15) is 0 Å². The Morgan fingerprint density at radius 3 is 1.94 bits per heavy atom. The zero-order chi connectivity index (χ0) is 12.0. The van der Waals surface area contributed by atoms with E-state index >= 15 is 0 Å². The van der Waals surface area contributed by atoms with Crippen LogP contribution in [0.1, 0.15) is 42.5 Å². The summed E-state index contributed by atoms with van der Waals surface area (Å²) in [5.74, 6) is -0.438. The van der Waals surface area contributed by atoms with Crippen LogP contribution in [0.3, 0.4) is 0 Å². The zero-order valence-electron chi connectivity index (χ0n) is 9.36. The molecule has 0 aliphatic carbocycles. The van der Waals surface area contributed by atoms with Gasteiger partial charge in [-0.1, -0.05) is 27.0 Å². The molecule has 0 aromatic heterocycles. The summed E-state index contributed by atoms with van der Waals surface area (Å²) in [7, 11) is 1.54. The Morgan fingerprint density at radius 1 is 1.00 bits per heavy atom.